The maximum atomic E-state index is 12.4. The van der Waals surface area contributed by atoms with E-state index in [1.807, 2.05) is 24.3 Å². The lowest BCUT2D eigenvalue weighted by molar-refractivity contribution is 0.102. The van der Waals surface area contributed by atoms with Gasteiger partial charge in [0.1, 0.15) is 0 Å². The monoisotopic (exact) mass is 434 g/mol. The van der Waals surface area contributed by atoms with Crippen LogP contribution in [-0.2, 0) is 15.8 Å². The summed E-state index contributed by atoms with van der Waals surface area (Å²) < 4.78 is 24.9. The van der Waals surface area contributed by atoms with Gasteiger partial charge in [-0.3, -0.25) is 4.79 Å². The zero-order valence-electron chi connectivity index (χ0n) is 13.5. The van der Waals surface area contributed by atoms with Crippen LogP contribution in [0, 0.1) is 0 Å². The van der Waals surface area contributed by atoms with Crippen molar-refractivity contribution >= 4 is 37.5 Å². The van der Waals surface area contributed by atoms with E-state index in [4.69, 9.17) is 5.14 Å². The highest BCUT2D eigenvalue weighted by Gasteiger charge is 2.11. The van der Waals surface area contributed by atoms with Gasteiger partial charge in [-0.2, -0.15) is 5.10 Å². The van der Waals surface area contributed by atoms with Crippen molar-refractivity contribution in [1.82, 2.24) is 9.78 Å². The highest BCUT2D eigenvalue weighted by Crippen LogP contribution is 2.16. The average molecular weight is 435 g/mol. The number of hydrogen-bond acceptors (Lipinski definition) is 4. The second-order valence-corrected chi connectivity index (χ2v) is 8.14. The van der Waals surface area contributed by atoms with Crippen LogP contribution in [0.25, 0.3) is 5.69 Å². The standard InChI is InChI=1S/C17H15BrN4O3S/c18-14-4-6-16(7-5-14)22-10-13(9-20-22)17(23)21-15-3-1-2-12(8-15)11-26(19,24)25/h1-10H,11H2,(H,21,23)(H2,19,24,25). The van der Waals surface area contributed by atoms with E-state index in [9.17, 15) is 13.2 Å². The zero-order chi connectivity index (χ0) is 18.7. The normalized spacial score (nSPS) is 11.3. The van der Waals surface area contributed by atoms with Crippen LogP contribution in [-0.4, -0.2) is 24.1 Å². The number of halogens is 1. The van der Waals surface area contributed by atoms with Gasteiger partial charge in [-0.25, -0.2) is 18.2 Å². The summed E-state index contributed by atoms with van der Waals surface area (Å²) in [5.41, 5.74) is 2.18. The maximum absolute atomic E-state index is 12.4. The lowest BCUT2D eigenvalue weighted by Crippen LogP contribution is -2.15. The van der Waals surface area contributed by atoms with E-state index in [0.29, 0.717) is 16.8 Å². The number of aromatic nitrogens is 2. The minimum Gasteiger partial charge on any atom is -0.322 e. The smallest absolute Gasteiger partial charge is 0.258 e. The van der Waals surface area contributed by atoms with Gasteiger partial charge in [0, 0.05) is 16.4 Å². The molecule has 3 aromatic rings. The molecule has 0 radical (unpaired) electrons. The van der Waals surface area contributed by atoms with Crippen LogP contribution in [0.2, 0.25) is 0 Å². The molecule has 0 spiro atoms. The van der Waals surface area contributed by atoms with E-state index in [2.05, 4.69) is 26.3 Å². The van der Waals surface area contributed by atoms with Crippen LogP contribution < -0.4 is 10.5 Å². The fourth-order valence-electron chi connectivity index (χ4n) is 2.35. The number of sulfonamides is 1. The van der Waals surface area contributed by atoms with Crippen LogP contribution in [0.4, 0.5) is 5.69 Å². The molecule has 1 aromatic heterocycles. The molecule has 0 fully saturated rings. The molecular weight excluding hydrogens is 420 g/mol. The molecule has 0 aliphatic rings. The first-order chi connectivity index (χ1) is 12.3. The van der Waals surface area contributed by atoms with Crippen molar-refractivity contribution in [2.75, 3.05) is 5.32 Å². The molecular formula is C17H15BrN4O3S. The minimum atomic E-state index is -3.63. The summed E-state index contributed by atoms with van der Waals surface area (Å²) in [5, 5.41) is 12.0. The minimum absolute atomic E-state index is 0.293. The van der Waals surface area contributed by atoms with E-state index in [0.717, 1.165) is 10.2 Å². The summed E-state index contributed by atoms with van der Waals surface area (Å²) in [6.07, 6.45) is 3.08. The number of carbonyl (C=O) groups is 1. The summed E-state index contributed by atoms with van der Waals surface area (Å²) in [5.74, 6) is -0.640. The third-order valence-corrected chi connectivity index (χ3v) is 4.75. The average Bonchev–Trinajstić information content (AvgIpc) is 3.04. The van der Waals surface area contributed by atoms with Crippen LogP contribution in [0.3, 0.4) is 0 Å². The quantitative estimate of drug-likeness (QED) is 0.643. The van der Waals surface area contributed by atoms with Gasteiger partial charge in [0.2, 0.25) is 10.0 Å². The number of benzene rings is 2. The molecule has 3 rings (SSSR count). The van der Waals surface area contributed by atoms with Gasteiger partial charge in [-0.1, -0.05) is 28.1 Å². The van der Waals surface area contributed by atoms with Crippen molar-refractivity contribution in [2.24, 2.45) is 5.14 Å². The van der Waals surface area contributed by atoms with Gasteiger partial charge in [0.15, 0.2) is 0 Å². The van der Waals surface area contributed by atoms with Gasteiger partial charge in [-0.05, 0) is 42.0 Å². The zero-order valence-corrected chi connectivity index (χ0v) is 15.9. The second kappa shape index (κ2) is 7.40. The Morgan fingerprint density at radius 3 is 2.62 bits per heavy atom. The maximum Gasteiger partial charge on any atom is 0.258 e. The second-order valence-electron chi connectivity index (χ2n) is 5.61. The number of anilines is 1. The Hall–Kier alpha value is -2.49. The molecule has 0 atom stereocenters. The first-order valence-corrected chi connectivity index (χ1v) is 10.0. The van der Waals surface area contributed by atoms with E-state index in [-0.39, 0.29) is 11.7 Å². The van der Waals surface area contributed by atoms with Crippen LogP contribution in [0.5, 0.6) is 0 Å². The van der Waals surface area contributed by atoms with Crippen LogP contribution in [0.15, 0.2) is 65.4 Å². The molecule has 0 aliphatic heterocycles. The molecule has 134 valence electrons. The molecule has 0 unspecified atom stereocenters. The topological polar surface area (TPSA) is 107 Å². The summed E-state index contributed by atoms with van der Waals surface area (Å²) in [4.78, 5) is 12.4. The Morgan fingerprint density at radius 1 is 1.19 bits per heavy atom. The van der Waals surface area contributed by atoms with Crippen LogP contribution >= 0.6 is 15.9 Å². The lowest BCUT2D eigenvalue weighted by Gasteiger charge is -2.06. The van der Waals surface area contributed by atoms with Crippen LogP contribution in [0.1, 0.15) is 15.9 Å². The molecule has 7 nitrogen and oxygen atoms in total. The molecule has 1 heterocycles. The fourth-order valence-corrected chi connectivity index (χ4v) is 3.26. The summed E-state index contributed by atoms with van der Waals surface area (Å²) in [6, 6.07) is 14.0. The predicted molar refractivity (Wildman–Crippen MR) is 102 cm³/mol. The van der Waals surface area contributed by atoms with Gasteiger partial charge in [0.05, 0.1) is 23.2 Å². The summed E-state index contributed by atoms with van der Waals surface area (Å²) >= 11 is 3.37. The summed E-state index contributed by atoms with van der Waals surface area (Å²) in [7, 11) is -3.63. The number of nitrogens with two attached hydrogens (primary N) is 1. The van der Waals surface area contributed by atoms with Gasteiger partial charge < -0.3 is 5.32 Å². The molecule has 0 aliphatic carbocycles. The van der Waals surface area contributed by atoms with Crippen molar-refractivity contribution in [3.8, 4) is 5.69 Å². The van der Waals surface area contributed by atoms with Crippen molar-refractivity contribution in [2.45, 2.75) is 5.75 Å². The third kappa shape index (κ3) is 4.78. The predicted octanol–water partition coefficient (Wildman–Crippen LogP) is 2.68. The van der Waals surface area contributed by atoms with E-state index >= 15 is 0 Å². The Bertz CT molecular complexity index is 1050. The highest BCUT2D eigenvalue weighted by molar-refractivity contribution is 9.10. The molecule has 1 amide bonds. The van der Waals surface area contributed by atoms with Gasteiger partial charge in [-0.15, -0.1) is 0 Å². The molecule has 0 bridgehead atoms. The molecule has 0 saturated heterocycles. The molecule has 2 aromatic carbocycles. The van der Waals surface area contributed by atoms with Crippen molar-refractivity contribution in [3.05, 3.63) is 76.5 Å². The first-order valence-electron chi connectivity index (χ1n) is 7.51. The largest absolute Gasteiger partial charge is 0.322 e. The van der Waals surface area contributed by atoms with Crippen molar-refractivity contribution in [1.29, 1.82) is 0 Å². The summed E-state index contributed by atoms with van der Waals surface area (Å²) in [6.45, 7) is 0. The number of nitrogens with zero attached hydrogens (tertiary/aromatic N) is 2. The number of primary sulfonamides is 1. The highest BCUT2D eigenvalue weighted by atomic mass is 79.9. The molecule has 0 saturated carbocycles. The van der Waals surface area contributed by atoms with Gasteiger partial charge in [0.25, 0.3) is 5.91 Å². The van der Waals surface area contributed by atoms with E-state index in [1.54, 1.807) is 35.1 Å². The van der Waals surface area contributed by atoms with E-state index < -0.39 is 10.0 Å². The van der Waals surface area contributed by atoms with Gasteiger partial charge >= 0.3 is 0 Å². The number of amides is 1. The SMILES string of the molecule is NS(=O)(=O)Cc1cccc(NC(=O)c2cnn(-c3ccc(Br)cc3)c2)c1. The number of rotatable bonds is 5. The molecule has 9 heteroatoms. The van der Waals surface area contributed by atoms with Crippen molar-refractivity contribution < 1.29 is 13.2 Å². The van der Waals surface area contributed by atoms with Crippen molar-refractivity contribution in [3.63, 3.8) is 0 Å². The van der Waals surface area contributed by atoms with E-state index in [1.165, 1.54) is 6.20 Å². The Kier molecular flexibility index (Phi) is 5.21. The lowest BCUT2D eigenvalue weighted by atomic mass is 10.2. The Labute approximate surface area is 159 Å². The Morgan fingerprint density at radius 2 is 1.92 bits per heavy atom. The third-order valence-electron chi connectivity index (χ3n) is 3.49. The molecule has 26 heavy (non-hydrogen) atoms. The molecule has 3 N–H and O–H groups in total. The first kappa shape index (κ1) is 18.3. The fraction of sp³-hybridized carbons (Fsp3) is 0.0588. The number of nitrogens with one attached hydrogen (secondary N) is 1. The Balaban J connectivity index is 1.75. The number of carbonyl (C=O) groups excluding carboxylic acids is 1. The number of hydrogen-bond donors (Lipinski definition) is 2.